The first-order chi connectivity index (χ1) is 12.4. The molecule has 0 spiro atoms. The molecule has 0 N–H and O–H groups in total. The van der Waals surface area contributed by atoms with Crippen LogP contribution in [0.2, 0.25) is 0 Å². The molecule has 3 nitrogen and oxygen atoms in total. The largest absolute Gasteiger partial charge is 0.481 e. The molecule has 2 aromatic rings. The average molecular weight is 367 g/mol. The average Bonchev–Trinajstić information content (AvgIpc) is 3.40. The van der Waals surface area contributed by atoms with Crippen molar-refractivity contribution in [2.24, 2.45) is 5.92 Å². The Hall–Kier alpha value is -1.99. The highest BCUT2D eigenvalue weighted by Gasteiger charge is 2.28. The van der Waals surface area contributed by atoms with Crippen molar-refractivity contribution in [3.8, 4) is 11.9 Å². The van der Waals surface area contributed by atoms with Gasteiger partial charge in [0.25, 0.3) is 0 Å². The lowest BCUT2D eigenvalue weighted by atomic mass is 9.98. The van der Waals surface area contributed by atoms with Gasteiger partial charge >= 0.3 is 0 Å². The predicted molar refractivity (Wildman–Crippen MR) is 106 cm³/mol. The number of aryl methyl sites for hydroxylation is 2. The highest BCUT2D eigenvalue weighted by Crippen LogP contribution is 2.44. The van der Waals surface area contributed by atoms with Gasteiger partial charge in [0.2, 0.25) is 5.88 Å². The maximum absolute atomic E-state index is 9.31. The van der Waals surface area contributed by atoms with Crippen molar-refractivity contribution in [1.82, 2.24) is 4.98 Å². The van der Waals surface area contributed by atoms with Crippen molar-refractivity contribution in [1.29, 1.82) is 5.26 Å². The number of ether oxygens (including phenoxy) is 1. The fourth-order valence-electron chi connectivity index (χ4n) is 3.33. The Morgan fingerprint density at radius 1 is 1.27 bits per heavy atom. The molecule has 26 heavy (non-hydrogen) atoms. The normalized spacial score (nSPS) is 13.7. The fraction of sp³-hybridized carbons (Fsp3) is 0.455. The molecule has 1 aliphatic carbocycles. The number of hydrogen-bond acceptors (Lipinski definition) is 4. The Morgan fingerprint density at radius 3 is 2.58 bits per heavy atom. The zero-order valence-corrected chi connectivity index (χ0v) is 17.0. The highest BCUT2D eigenvalue weighted by atomic mass is 32.2. The Labute approximate surface area is 160 Å². The van der Waals surface area contributed by atoms with E-state index < -0.39 is 0 Å². The molecule has 1 fully saturated rings. The van der Waals surface area contributed by atoms with E-state index >= 15 is 0 Å². The van der Waals surface area contributed by atoms with Gasteiger partial charge < -0.3 is 4.74 Å². The summed E-state index contributed by atoms with van der Waals surface area (Å²) in [5.74, 6) is 1.84. The number of benzene rings is 1. The van der Waals surface area contributed by atoms with E-state index in [-0.39, 0.29) is 0 Å². The Bertz CT molecular complexity index is 863. The standard InChI is InChI=1S/C22H26N2OS/c1-13(2)20-21(26-18-9-14(3)8-17(10-18)12-23)19(11-16-6-7-16)15(4)24-22(20)25-5/h8-10,13,16H,6-7,11H2,1-5H3. The first-order valence-electron chi connectivity index (χ1n) is 9.20. The summed E-state index contributed by atoms with van der Waals surface area (Å²) in [6.07, 6.45) is 3.72. The first kappa shape index (κ1) is 18.8. The number of pyridine rings is 1. The van der Waals surface area contributed by atoms with Crippen LogP contribution in [0.15, 0.2) is 28.0 Å². The zero-order valence-electron chi connectivity index (χ0n) is 16.2. The molecule has 1 aliphatic rings. The van der Waals surface area contributed by atoms with E-state index in [1.807, 2.05) is 19.1 Å². The summed E-state index contributed by atoms with van der Waals surface area (Å²) in [7, 11) is 1.70. The van der Waals surface area contributed by atoms with Crippen molar-refractivity contribution >= 4 is 11.8 Å². The molecule has 0 unspecified atom stereocenters. The summed E-state index contributed by atoms with van der Waals surface area (Å²) in [4.78, 5) is 7.13. The number of aromatic nitrogens is 1. The van der Waals surface area contributed by atoms with Crippen LogP contribution in [0.3, 0.4) is 0 Å². The molecule has 136 valence electrons. The van der Waals surface area contributed by atoms with Crippen LogP contribution >= 0.6 is 11.8 Å². The number of rotatable bonds is 6. The minimum Gasteiger partial charge on any atom is -0.481 e. The molecular formula is C22H26N2OS. The maximum atomic E-state index is 9.31. The van der Waals surface area contributed by atoms with Gasteiger partial charge in [-0.3, -0.25) is 0 Å². The molecule has 0 aliphatic heterocycles. The Kier molecular flexibility index (Phi) is 5.58. The second-order valence-corrected chi connectivity index (χ2v) is 8.56. The molecule has 1 heterocycles. The first-order valence-corrected chi connectivity index (χ1v) is 10.0. The van der Waals surface area contributed by atoms with Gasteiger partial charge in [-0.1, -0.05) is 25.6 Å². The highest BCUT2D eigenvalue weighted by molar-refractivity contribution is 7.99. The Morgan fingerprint density at radius 2 is 2.00 bits per heavy atom. The molecule has 0 saturated heterocycles. The number of nitrogens with zero attached hydrogens (tertiary/aromatic N) is 2. The van der Waals surface area contributed by atoms with Crippen LogP contribution < -0.4 is 4.74 Å². The van der Waals surface area contributed by atoms with Gasteiger partial charge in [-0.2, -0.15) is 5.26 Å². The second kappa shape index (κ2) is 7.72. The van der Waals surface area contributed by atoms with E-state index in [0.29, 0.717) is 11.5 Å². The lowest BCUT2D eigenvalue weighted by molar-refractivity contribution is 0.386. The van der Waals surface area contributed by atoms with Gasteiger partial charge in [0.15, 0.2) is 0 Å². The fourth-order valence-corrected chi connectivity index (χ4v) is 4.78. The zero-order chi connectivity index (χ0) is 18.8. The quantitative estimate of drug-likeness (QED) is 0.647. The summed E-state index contributed by atoms with van der Waals surface area (Å²) in [6, 6.07) is 8.33. The minimum atomic E-state index is 0.318. The van der Waals surface area contributed by atoms with Crippen LogP contribution in [0.4, 0.5) is 0 Å². The molecule has 0 amide bonds. The van der Waals surface area contributed by atoms with E-state index in [4.69, 9.17) is 9.72 Å². The van der Waals surface area contributed by atoms with Crippen LogP contribution in [0.5, 0.6) is 5.88 Å². The van der Waals surface area contributed by atoms with Gasteiger partial charge in [0, 0.05) is 21.0 Å². The smallest absolute Gasteiger partial charge is 0.217 e. The molecule has 0 atom stereocenters. The minimum absolute atomic E-state index is 0.318. The van der Waals surface area contributed by atoms with Crippen LogP contribution in [0, 0.1) is 31.1 Å². The number of hydrogen-bond donors (Lipinski definition) is 0. The van der Waals surface area contributed by atoms with E-state index in [9.17, 15) is 5.26 Å². The van der Waals surface area contributed by atoms with Gasteiger partial charge in [0.1, 0.15) is 0 Å². The van der Waals surface area contributed by atoms with Gasteiger partial charge in [-0.25, -0.2) is 4.98 Å². The predicted octanol–water partition coefficient (Wildman–Crippen LogP) is 5.81. The summed E-state index contributed by atoms with van der Waals surface area (Å²) < 4.78 is 5.63. The summed E-state index contributed by atoms with van der Waals surface area (Å²) in [6.45, 7) is 8.51. The van der Waals surface area contributed by atoms with Crippen molar-refractivity contribution in [3.63, 3.8) is 0 Å². The third-order valence-corrected chi connectivity index (χ3v) is 5.96. The van der Waals surface area contributed by atoms with Gasteiger partial charge in [0.05, 0.1) is 18.7 Å². The molecule has 0 bridgehead atoms. The van der Waals surface area contributed by atoms with E-state index in [0.717, 1.165) is 34.4 Å². The number of nitriles is 1. The van der Waals surface area contributed by atoms with E-state index in [1.165, 1.54) is 28.9 Å². The lowest BCUT2D eigenvalue weighted by Gasteiger charge is -2.21. The molecule has 1 aromatic carbocycles. The molecular weight excluding hydrogens is 340 g/mol. The third kappa shape index (κ3) is 4.04. The van der Waals surface area contributed by atoms with Crippen molar-refractivity contribution in [2.45, 2.75) is 62.7 Å². The topological polar surface area (TPSA) is 45.9 Å². The SMILES string of the molecule is COc1nc(C)c(CC2CC2)c(Sc2cc(C)cc(C#N)c2)c1C(C)C. The number of methoxy groups -OCH3 is 1. The Balaban J connectivity index is 2.14. The van der Waals surface area contributed by atoms with Crippen LogP contribution in [0.1, 0.15) is 60.6 Å². The van der Waals surface area contributed by atoms with Crippen molar-refractivity contribution in [3.05, 3.63) is 46.1 Å². The molecule has 3 rings (SSSR count). The molecule has 1 saturated carbocycles. The van der Waals surface area contributed by atoms with Gasteiger partial charge in [-0.05, 0) is 74.3 Å². The monoisotopic (exact) mass is 366 g/mol. The van der Waals surface area contributed by atoms with Gasteiger partial charge in [-0.15, -0.1) is 0 Å². The molecule has 1 aromatic heterocycles. The van der Waals surface area contributed by atoms with Crippen molar-refractivity contribution < 1.29 is 4.74 Å². The molecule has 4 heteroatoms. The van der Waals surface area contributed by atoms with Crippen LogP contribution in [0.25, 0.3) is 0 Å². The van der Waals surface area contributed by atoms with Crippen molar-refractivity contribution in [2.75, 3.05) is 7.11 Å². The third-order valence-electron chi connectivity index (χ3n) is 4.82. The molecule has 0 radical (unpaired) electrons. The summed E-state index contributed by atoms with van der Waals surface area (Å²) >= 11 is 1.76. The lowest BCUT2D eigenvalue weighted by Crippen LogP contribution is -2.07. The van der Waals surface area contributed by atoms with Crippen LogP contribution in [-0.4, -0.2) is 12.1 Å². The van der Waals surface area contributed by atoms with E-state index in [2.05, 4.69) is 32.9 Å². The maximum Gasteiger partial charge on any atom is 0.217 e. The van der Waals surface area contributed by atoms with Crippen LogP contribution in [-0.2, 0) is 6.42 Å². The van der Waals surface area contributed by atoms with E-state index in [1.54, 1.807) is 18.9 Å². The second-order valence-electron chi connectivity index (χ2n) is 7.48. The summed E-state index contributed by atoms with van der Waals surface area (Å²) in [5, 5.41) is 9.31. The summed E-state index contributed by atoms with van der Waals surface area (Å²) in [5.41, 5.74) is 5.41.